The van der Waals surface area contributed by atoms with Gasteiger partial charge < -0.3 is 5.32 Å². The molecular weight excluding hydrogens is 206 g/mol. The summed E-state index contributed by atoms with van der Waals surface area (Å²) in [6.07, 6.45) is 7.84. The highest BCUT2D eigenvalue weighted by Crippen LogP contribution is 2.23. The molecule has 0 fully saturated rings. The molecule has 1 nitrogen and oxygen atoms in total. The Hall–Kier alpha value is -0.820. The van der Waals surface area contributed by atoms with Crippen LogP contribution in [0.25, 0.3) is 0 Å². The van der Waals surface area contributed by atoms with E-state index in [0.717, 1.165) is 12.5 Å². The molecular formula is C16H25N. The second kappa shape index (κ2) is 6.20. The SMILES string of the molecule is CCC(CNC)Cc1ccc2c(c1)CCCC2. The van der Waals surface area contributed by atoms with Gasteiger partial charge in [-0.15, -0.1) is 0 Å². The van der Waals surface area contributed by atoms with E-state index in [1.807, 2.05) is 0 Å². The molecule has 0 radical (unpaired) electrons. The van der Waals surface area contributed by atoms with Gasteiger partial charge >= 0.3 is 0 Å². The van der Waals surface area contributed by atoms with Crippen molar-refractivity contribution in [1.29, 1.82) is 0 Å². The van der Waals surface area contributed by atoms with Gasteiger partial charge in [0.1, 0.15) is 0 Å². The molecule has 0 amide bonds. The first kappa shape index (κ1) is 12.6. The standard InChI is InChI=1S/C16H25N/c1-3-13(12-17-2)10-14-8-9-15-6-4-5-7-16(15)11-14/h8-9,11,13,17H,3-7,10,12H2,1-2H3. The molecule has 1 aliphatic rings. The second-order valence-electron chi connectivity index (χ2n) is 5.35. The van der Waals surface area contributed by atoms with Gasteiger partial charge in [0.25, 0.3) is 0 Å². The molecule has 0 aliphatic heterocycles. The highest BCUT2D eigenvalue weighted by molar-refractivity contribution is 5.34. The predicted octanol–water partition coefficient (Wildman–Crippen LogP) is 3.35. The van der Waals surface area contributed by atoms with Gasteiger partial charge in [-0.25, -0.2) is 0 Å². The Balaban J connectivity index is 2.05. The Bertz CT molecular complexity index is 357. The zero-order valence-corrected chi connectivity index (χ0v) is 11.3. The summed E-state index contributed by atoms with van der Waals surface area (Å²) in [4.78, 5) is 0. The minimum Gasteiger partial charge on any atom is -0.319 e. The average Bonchev–Trinajstić information content (AvgIpc) is 2.38. The van der Waals surface area contributed by atoms with Crippen LogP contribution in [0.3, 0.4) is 0 Å². The normalized spacial score (nSPS) is 16.6. The topological polar surface area (TPSA) is 12.0 Å². The van der Waals surface area contributed by atoms with Crippen LogP contribution >= 0.6 is 0 Å². The van der Waals surface area contributed by atoms with Crippen molar-refractivity contribution in [1.82, 2.24) is 5.32 Å². The van der Waals surface area contributed by atoms with Crippen molar-refractivity contribution in [2.75, 3.05) is 13.6 Å². The van der Waals surface area contributed by atoms with Crippen molar-refractivity contribution >= 4 is 0 Å². The fourth-order valence-electron chi connectivity index (χ4n) is 2.90. The molecule has 1 unspecified atom stereocenters. The molecule has 0 aromatic heterocycles. The van der Waals surface area contributed by atoms with Gasteiger partial charge in [0.05, 0.1) is 0 Å². The van der Waals surface area contributed by atoms with E-state index < -0.39 is 0 Å². The maximum Gasteiger partial charge on any atom is -0.00204 e. The van der Waals surface area contributed by atoms with Crippen molar-refractivity contribution in [3.05, 3.63) is 34.9 Å². The third kappa shape index (κ3) is 3.32. The fourth-order valence-corrected chi connectivity index (χ4v) is 2.90. The van der Waals surface area contributed by atoms with E-state index in [2.05, 4.69) is 37.5 Å². The van der Waals surface area contributed by atoms with Crippen molar-refractivity contribution in [3.8, 4) is 0 Å². The summed E-state index contributed by atoms with van der Waals surface area (Å²) in [5.41, 5.74) is 4.75. The van der Waals surface area contributed by atoms with E-state index in [0.29, 0.717) is 0 Å². The minimum absolute atomic E-state index is 0.779. The Morgan fingerprint density at radius 1 is 1.18 bits per heavy atom. The van der Waals surface area contributed by atoms with Crippen LogP contribution in [0.1, 0.15) is 42.9 Å². The Morgan fingerprint density at radius 3 is 2.65 bits per heavy atom. The lowest BCUT2D eigenvalue weighted by Crippen LogP contribution is -2.20. The maximum atomic E-state index is 3.30. The number of hydrogen-bond donors (Lipinski definition) is 1. The van der Waals surface area contributed by atoms with E-state index in [-0.39, 0.29) is 0 Å². The lowest BCUT2D eigenvalue weighted by atomic mass is 9.88. The van der Waals surface area contributed by atoms with E-state index in [4.69, 9.17) is 0 Å². The summed E-state index contributed by atoms with van der Waals surface area (Å²) < 4.78 is 0. The highest BCUT2D eigenvalue weighted by Gasteiger charge is 2.11. The Morgan fingerprint density at radius 2 is 1.94 bits per heavy atom. The molecule has 1 aliphatic carbocycles. The first-order chi connectivity index (χ1) is 8.33. The molecule has 0 saturated carbocycles. The summed E-state index contributed by atoms with van der Waals surface area (Å²) in [5, 5.41) is 3.30. The van der Waals surface area contributed by atoms with Crippen LogP contribution in [0.15, 0.2) is 18.2 Å². The smallest absolute Gasteiger partial charge is 0.00204 e. The highest BCUT2D eigenvalue weighted by atomic mass is 14.8. The van der Waals surface area contributed by atoms with Gasteiger partial charge in [0, 0.05) is 0 Å². The van der Waals surface area contributed by atoms with E-state index in [1.165, 1.54) is 44.1 Å². The van der Waals surface area contributed by atoms with Crippen LogP contribution in [0.2, 0.25) is 0 Å². The molecule has 1 heteroatoms. The van der Waals surface area contributed by atoms with Crippen LogP contribution in [0, 0.1) is 5.92 Å². The minimum atomic E-state index is 0.779. The second-order valence-corrected chi connectivity index (χ2v) is 5.35. The van der Waals surface area contributed by atoms with E-state index >= 15 is 0 Å². The van der Waals surface area contributed by atoms with Crippen molar-refractivity contribution in [3.63, 3.8) is 0 Å². The molecule has 94 valence electrons. The molecule has 1 atom stereocenters. The van der Waals surface area contributed by atoms with E-state index in [1.54, 1.807) is 11.1 Å². The van der Waals surface area contributed by atoms with Crippen molar-refractivity contribution in [2.24, 2.45) is 5.92 Å². The third-order valence-electron chi connectivity index (χ3n) is 4.01. The molecule has 17 heavy (non-hydrogen) atoms. The first-order valence-corrected chi connectivity index (χ1v) is 7.08. The molecule has 2 rings (SSSR count). The molecule has 0 bridgehead atoms. The average molecular weight is 231 g/mol. The number of benzene rings is 1. The number of aryl methyl sites for hydroxylation is 2. The van der Waals surface area contributed by atoms with Crippen molar-refractivity contribution < 1.29 is 0 Å². The first-order valence-electron chi connectivity index (χ1n) is 7.08. The largest absolute Gasteiger partial charge is 0.319 e. The summed E-state index contributed by atoms with van der Waals surface area (Å²) in [7, 11) is 2.05. The molecule has 0 spiro atoms. The van der Waals surface area contributed by atoms with Gasteiger partial charge in [-0.05, 0) is 68.3 Å². The number of fused-ring (bicyclic) bond motifs is 1. The lowest BCUT2D eigenvalue weighted by Gasteiger charge is -2.19. The Labute approximate surface area is 106 Å². The summed E-state index contributed by atoms with van der Waals surface area (Å²) in [6.45, 7) is 3.42. The van der Waals surface area contributed by atoms with Crippen LogP contribution in [0.4, 0.5) is 0 Å². The van der Waals surface area contributed by atoms with Crippen LogP contribution in [-0.2, 0) is 19.3 Å². The van der Waals surface area contributed by atoms with Gasteiger partial charge in [0.2, 0.25) is 0 Å². The van der Waals surface area contributed by atoms with Gasteiger partial charge in [-0.2, -0.15) is 0 Å². The quantitative estimate of drug-likeness (QED) is 0.819. The lowest BCUT2D eigenvalue weighted by molar-refractivity contribution is 0.481. The Kier molecular flexibility index (Phi) is 4.61. The predicted molar refractivity (Wildman–Crippen MR) is 74.5 cm³/mol. The van der Waals surface area contributed by atoms with E-state index in [9.17, 15) is 0 Å². The van der Waals surface area contributed by atoms with Crippen LogP contribution < -0.4 is 5.32 Å². The molecule has 1 aromatic carbocycles. The molecule has 0 saturated heterocycles. The maximum absolute atomic E-state index is 3.30. The number of rotatable bonds is 5. The van der Waals surface area contributed by atoms with Gasteiger partial charge in [-0.3, -0.25) is 0 Å². The summed E-state index contributed by atoms with van der Waals surface area (Å²) >= 11 is 0. The van der Waals surface area contributed by atoms with Crippen molar-refractivity contribution in [2.45, 2.75) is 45.4 Å². The zero-order chi connectivity index (χ0) is 12.1. The monoisotopic (exact) mass is 231 g/mol. The number of hydrogen-bond acceptors (Lipinski definition) is 1. The summed E-state index contributed by atoms with van der Waals surface area (Å²) in [5.74, 6) is 0.779. The molecule has 1 N–H and O–H groups in total. The molecule has 0 heterocycles. The van der Waals surface area contributed by atoms with Gasteiger partial charge in [0.15, 0.2) is 0 Å². The summed E-state index contributed by atoms with van der Waals surface area (Å²) in [6, 6.07) is 7.19. The zero-order valence-electron chi connectivity index (χ0n) is 11.3. The fraction of sp³-hybridized carbons (Fsp3) is 0.625. The van der Waals surface area contributed by atoms with Gasteiger partial charge in [-0.1, -0.05) is 31.5 Å². The van der Waals surface area contributed by atoms with Crippen LogP contribution in [-0.4, -0.2) is 13.6 Å². The third-order valence-corrected chi connectivity index (χ3v) is 4.01. The molecule has 1 aromatic rings. The van der Waals surface area contributed by atoms with Crippen LogP contribution in [0.5, 0.6) is 0 Å². The number of nitrogens with one attached hydrogen (secondary N) is 1.